The molecule has 0 N–H and O–H groups in total. The summed E-state index contributed by atoms with van der Waals surface area (Å²) in [7, 11) is 0. The van der Waals surface area contributed by atoms with Gasteiger partial charge in [0.1, 0.15) is 0 Å². The summed E-state index contributed by atoms with van der Waals surface area (Å²) in [5.74, 6) is 1.29. The minimum atomic E-state index is -0.00142. The number of amides is 1. The number of carbonyl (C=O) groups is 1. The molecule has 2 heterocycles. The van der Waals surface area contributed by atoms with Crippen molar-refractivity contribution in [3.05, 3.63) is 71.0 Å². The minimum Gasteiger partial charge on any atom is -0.342 e. The molecule has 1 aliphatic rings. The number of benzene rings is 2. The fraction of sp³-hybridized carbons (Fsp3) is 0.318. The van der Waals surface area contributed by atoms with Crippen molar-refractivity contribution in [3.63, 3.8) is 0 Å². The molecule has 5 heteroatoms. The Morgan fingerprint density at radius 2 is 1.70 bits per heavy atom. The van der Waals surface area contributed by atoms with Gasteiger partial charge < -0.3 is 9.42 Å². The number of aromatic nitrogens is 2. The summed E-state index contributed by atoms with van der Waals surface area (Å²) in [6.45, 7) is 5.49. The van der Waals surface area contributed by atoms with E-state index < -0.39 is 0 Å². The number of carbonyl (C=O) groups excluding carboxylic acids is 1. The number of nitrogens with zero attached hydrogens (tertiary/aromatic N) is 3. The molecule has 1 aliphatic heterocycles. The van der Waals surface area contributed by atoms with Crippen molar-refractivity contribution in [3.8, 4) is 11.5 Å². The van der Waals surface area contributed by atoms with Gasteiger partial charge in [-0.1, -0.05) is 52.7 Å². The van der Waals surface area contributed by atoms with Crippen molar-refractivity contribution in [2.24, 2.45) is 0 Å². The highest BCUT2D eigenvalue weighted by atomic mass is 16.5. The van der Waals surface area contributed by atoms with Crippen LogP contribution in [0.15, 0.2) is 53.1 Å². The van der Waals surface area contributed by atoms with E-state index in [-0.39, 0.29) is 11.8 Å². The van der Waals surface area contributed by atoms with E-state index in [0.717, 1.165) is 18.5 Å². The maximum absolute atomic E-state index is 12.4. The molecular weight excluding hydrogens is 338 g/mol. The summed E-state index contributed by atoms with van der Waals surface area (Å²) in [6, 6.07) is 16.4. The Morgan fingerprint density at radius 1 is 1.04 bits per heavy atom. The minimum absolute atomic E-state index is 0.00142. The van der Waals surface area contributed by atoms with Gasteiger partial charge in [0, 0.05) is 31.0 Å². The Balaban J connectivity index is 1.40. The van der Waals surface area contributed by atoms with Crippen LogP contribution in [-0.2, 0) is 11.2 Å². The van der Waals surface area contributed by atoms with Crippen LogP contribution >= 0.6 is 0 Å². The summed E-state index contributed by atoms with van der Waals surface area (Å²) in [6.07, 6.45) is 1.31. The van der Waals surface area contributed by atoms with Gasteiger partial charge in [-0.15, -0.1) is 0 Å². The first-order chi connectivity index (χ1) is 13.1. The monoisotopic (exact) mass is 361 g/mol. The third-order valence-corrected chi connectivity index (χ3v) is 5.11. The predicted octanol–water partition coefficient (Wildman–Crippen LogP) is 3.91. The Bertz CT molecular complexity index is 929. The molecule has 0 aliphatic carbocycles. The predicted molar refractivity (Wildman–Crippen MR) is 103 cm³/mol. The lowest BCUT2D eigenvalue weighted by atomic mass is 10.1. The second-order valence-corrected chi connectivity index (χ2v) is 7.30. The van der Waals surface area contributed by atoms with E-state index in [1.165, 1.54) is 16.7 Å². The van der Waals surface area contributed by atoms with Gasteiger partial charge in [0.25, 0.3) is 5.89 Å². The molecule has 5 nitrogen and oxygen atoms in total. The summed E-state index contributed by atoms with van der Waals surface area (Å²) in [5.41, 5.74) is 4.58. The highest BCUT2D eigenvalue weighted by molar-refractivity contribution is 5.79. The summed E-state index contributed by atoms with van der Waals surface area (Å²) in [5, 5.41) is 4.13. The SMILES string of the molecule is Cc1ccc(CCN2CC(c3noc(-c4ccc(C)cc4)n3)CC2=O)cc1. The second kappa shape index (κ2) is 7.35. The second-order valence-electron chi connectivity index (χ2n) is 7.30. The Kier molecular flexibility index (Phi) is 4.75. The molecule has 2 aromatic carbocycles. The molecule has 1 unspecified atom stereocenters. The number of likely N-dealkylation sites (tertiary alicyclic amines) is 1. The first-order valence-corrected chi connectivity index (χ1v) is 9.32. The van der Waals surface area contributed by atoms with E-state index in [4.69, 9.17) is 4.52 Å². The third kappa shape index (κ3) is 3.92. The van der Waals surface area contributed by atoms with Crippen LogP contribution in [-0.4, -0.2) is 34.0 Å². The van der Waals surface area contributed by atoms with Gasteiger partial charge in [0.2, 0.25) is 5.91 Å². The van der Waals surface area contributed by atoms with Gasteiger partial charge >= 0.3 is 0 Å². The van der Waals surface area contributed by atoms with E-state index >= 15 is 0 Å². The van der Waals surface area contributed by atoms with Crippen molar-refractivity contribution in [1.82, 2.24) is 15.0 Å². The van der Waals surface area contributed by atoms with Gasteiger partial charge in [-0.3, -0.25) is 4.79 Å². The largest absolute Gasteiger partial charge is 0.342 e. The molecule has 1 saturated heterocycles. The van der Waals surface area contributed by atoms with Gasteiger partial charge in [-0.25, -0.2) is 0 Å². The molecule has 3 aromatic rings. The summed E-state index contributed by atoms with van der Waals surface area (Å²) in [4.78, 5) is 18.8. The van der Waals surface area contributed by atoms with Crippen LogP contribution in [0.1, 0.15) is 34.9 Å². The topological polar surface area (TPSA) is 59.2 Å². The average Bonchev–Trinajstić information content (AvgIpc) is 3.29. The standard InChI is InChI=1S/C22H23N3O2/c1-15-3-7-17(8-4-15)11-12-25-14-19(13-20(25)26)21-23-22(27-24-21)18-9-5-16(2)6-10-18/h3-10,19H,11-14H2,1-2H3. The van der Waals surface area contributed by atoms with Crippen LogP contribution in [0.4, 0.5) is 0 Å². The molecule has 0 bridgehead atoms. The van der Waals surface area contributed by atoms with Crippen molar-refractivity contribution < 1.29 is 9.32 Å². The van der Waals surface area contributed by atoms with Crippen molar-refractivity contribution in [1.29, 1.82) is 0 Å². The lowest BCUT2D eigenvalue weighted by molar-refractivity contribution is -0.127. The van der Waals surface area contributed by atoms with E-state index in [0.29, 0.717) is 24.7 Å². The van der Waals surface area contributed by atoms with Crippen molar-refractivity contribution >= 4 is 5.91 Å². The van der Waals surface area contributed by atoms with E-state index in [1.807, 2.05) is 36.1 Å². The number of hydrogen-bond donors (Lipinski definition) is 0. The number of aryl methyl sites for hydroxylation is 2. The average molecular weight is 361 g/mol. The molecule has 1 fully saturated rings. The Hall–Kier alpha value is -2.95. The van der Waals surface area contributed by atoms with Crippen LogP contribution in [0, 0.1) is 13.8 Å². The highest BCUT2D eigenvalue weighted by Gasteiger charge is 2.33. The fourth-order valence-corrected chi connectivity index (χ4v) is 3.39. The first kappa shape index (κ1) is 17.5. The van der Waals surface area contributed by atoms with E-state index in [9.17, 15) is 4.79 Å². The van der Waals surface area contributed by atoms with Crippen LogP contribution in [0.5, 0.6) is 0 Å². The maximum Gasteiger partial charge on any atom is 0.257 e. The molecule has 0 saturated carbocycles. The van der Waals surface area contributed by atoms with Crippen LogP contribution in [0.3, 0.4) is 0 Å². The van der Waals surface area contributed by atoms with E-state index in [2.05, 4.69) is 41.3 Å². The summed E-state index contributed by atoms with van der Waals surface area (Å²) < 4.78 is 5.42. The molecule has 1 atom stereocenters. The molecule has 1 amide bonds. The fourth-order valence-electron chi connectivity index (χ4n) is 3.39. The third-order valence-electron chi connectivity index (χ3n) is 5.11. The molecule has 27 heavy (non-hydrogen) atoms. The summed E-state index contributed by atoms with van der Waals surface area (Å²) >= 11 is 0. The normalized spacial score (nSPS) is 16.9. The maximum atomic E-state index is 12.4. The Morgan fingerprint density at radius 3 is 2.41 bits per heavy atom. The molecular formula is C22H23N3O2. The molecule has 4 rings (SSSR count). The lowest BCUT2D eigenvalue weighted by Crippen LogP contribution is -2.27. The highest BCUT2D eigenvalue weighted by Crippen LogP contribution is 2.28. The zero-order valence-electron chi connectivity index (χ0n) is 15.7. The van der Waals surface area contributed by atoms with Gasteiger partial charge in [-0.2, -0.15) is 4.98 Å². The Labute approximate surface area is 159 Å². The zero-order chi connectivity index (χ0) is 18.8. The first-order valence-electron chi connectivity index (χ1n) is 9.32. The quantitative estimate of drug-likeness (QED) is 0.691. The molecule has 0 radical (unpaired) electrons. The zero-order valence-corrected chi connectivity index (χ0v) is 15.7. The van der Waals surface area contributed by atoms with Gasteiger partial charge in [0.15, 0.2) is 5.82 Å². The molecule has 138 valence electrons. The van der Waals surface area contributed by atoms with Crippen LogP contribution in [0.2, 0.25) is 0 Å². The molecule has 0 spiro atoms. The van der Waals surface area contributed by atoms with Crippen molar-refractivity contribution in [2.45, 2.75) is 32.6 Å². The van der Waals surface area contributed by atoms with Gasteiger partial charge in [0.05, 0.1) is 0 Å². The van der Waals surface area contributed by atoms with Gasteiger partial charge in [-0.05, 0) is 38.0 Å². The lowest BCUT2D eigenvalue weighted by Gasteiger charge is -2.16. The molecule has 1 aromatic heterocycles. The van der Waals surface area contributed by atoms with Crippen molar-refractivity contribution in [2.75, 3.05) is 13.1 Å². The smallest absolute Gasteiger partial charge is 0.257 e. The number of rotatable bonds is 5. The van der Waals surface area contributed by atoms with Crippen LogP contribution < -0.4 is 0 Å². The van der Waals surface area contributed by atoms with E-state index in [1.54, 1.807) is 0 Å². The van der Waals surface area contributed by atoms with Crippen LogP contribution in [0.25, 0.3) is 11.5 Å². The number of hydrogen-bond acceptors (Lipinski definition) is 4.